The van der Waals surface area contributed by atoms with E-state index in [1.807, 2.05) is 60.7 Å². The monoisotopic (exact) mass is 525 g/mol. The summed E-state index contributed by atoms with van der Waals surface area (Å²) in [7, 11) is 1.57. The van der Waals surface area contributed by atoms with Crippen LogP contribution in [0, 0.1) is 0 Å². The first-order chi connectivity index (χ1) is 19.1. The van der Waals surface area contributed by atoms with Gasteiger partial charge in [-0.3, -0.25) is 4.79 Å². The Balaban J connectivity index is 1.40. The fourth-order valence-electron chi connectivity index (χ4n) is 4.08. The number of amides is 2. The van der Waals surface area contributed by atoms with Gasteiger partial charge in [0.05, 0.1) is 19.9 Å². The van der Waals surface area contributed by atoms with Gasteiger partial charge in [0.15, 0.2) is 11.5 Å². The number of carbonyl (C=O) groups is 2. The van der Waals surface area contributed by atoms with E-state index in [2.05, 4.69) is 34.0 Å². The standard InChI is InChI=1S/C31H31N3O5/c1-3-38-31(36)33-27(18-22-10-5-4-6-11-22)30(35)34-32-20-23-16-17-28(29(19-23)37-2)39-21-25-14-9-13-24-12-7-8-15-26(24)25/h4-17,19-20,27H,3,18,21H2,1-2H3,(H,33,36)(H,34,35)/b32-20-/t27-/m0/s1. The molecule has 200 valence electrons. The zero-order chi connectivity index (χ0) is 27.5. The summed E-state index contributed by atoms with van der Waals surface area (Å²) in [6.07, 6.45) is 1.12. The molecule has 0 radical (unpaired) electrons. The van der Waals surface area contributed by atoms with Crippen LogP contribution in [-0.4, -0.2) is 38.0 Å². The van der Waals surface area contributed by atoms with Crippen molar-refractivity contribution in [1.29, 1.82) is 0 Å². The molecule has 0 saturated carbocycles. The van der Waals surface area contributed by atoms with Gasteiger partial charge in [0.1, 0.15) is 12.6 Å². The van der Waals surface area contributed by atoms with Crippen LogP contribution in [0.25, 0.3) is 10.8 Å². The van der Waals surface area contributed by atoms with Crippen LogP contribution < -0.4 is 20.2 Å². The minimum Gasteiger partial charge on any atom is -0.493 e. The Bertz CT molecular complexity index is 1430. The molecule has 8 heteroatoms. The molecule has 4 aromatic carbocycles. The molecule has 0 aliphatic heterocycles. The van der Waals surface area contributed by atoms with Crippen LogP contribution in [0.4, 0.5) is 4.79 Å². The predicted molar refractivity (Wildman–Crippen MR) is 151 cm³/mol. The maximum absolute atomic E-state index is 12.8. The number of alkyl carbamates (subject to hydrolysis) is 1. The van der Waals surface area contributed by atoms with E-state index in [0.717, 1.165) is 21.9 Å². The Morgan fingerprint density at radius 2 is 1.69 bits per heavy atom. The van der Waals surface area contributed by atoms with Crippen LogP contribution in [0.5, 0.6) is 11.5 Å². The molecule has 0 spiro atoms. The van der Waals surface area contributed by atoms with E-state index < -0.39 is 18.0 Å². The molecule has 0 bridgehead atoms. The normalized spacial score (nSPS) is 11.6. The van der Waals surface area contributed by atoms with Crippen molar-refractivity contribution in [2.75, 3.05) is 13.7 Å². The van der Waals surface area contributed by atoms with Gasteiger partial charge >= 0.3 is 6.09 Å². The van der Waals surface area contributed by atoms with Crippen molar-refractivity contribution in [3.05, 3.63) is 108 Å². The van der Waals surface area contributed by atoms with E-state index in [4.69, 9.17) is 14.2 Å². The zero-order valence-corrected chi connectivity index (χ0v) is 21.9. The van der Waals surface area contributed by atoms with E-state index in [1.54, 1.807) is 26.2 Å². The van der Waals surface area contributed by atoms with Crippen molar-refractivity contribution >= 4 is 29.0 Å². The summed E-state index contributed by atoms with van der Waals surface area (Å²) in [4.78, 5) is 24.8. The third kappa shape index (κ3) is 7.58. The number of nitrogens with one attached hydrogen (secondary N) is 2. The molecule has 0 aromatic heterocycles. The van der Waals surface area contributed by atoms with Crippen LogP contribution in [0.3, 0.4) is 0 Å². The van der Waals surface area contributed by atoms with Crippen molar-refractivity contribution in [3.8, 4) is 11.5 Å². The second kappa shape index (κ2) is 13.6. The molecule has 4 aromatic rings. The Labute approximate surface area is 227 Å². The number of carbonyl (C=O) groups excluding carboxylic acids is 2. The number of hydrogen-bond donors (Lipinski definition) is 2. The smallest absolute Gasteiger partial charge is 0.407 e. The van der Waals surface area contributed by atoms with Gasteiger partial charge in [0, 0.05) is 6.42 Å². The highest BCUT2D eigenvalue weighted by Crippen LogP contribution is 2.29. The third-order valence-corrected chi connectivity index (χ3v) is 6.01. The van der Waals surface area contributed by atoms with E-state index in [1.165, 1.54) is 6.21 Å². The zero-order valence-electron chi connectivity index (χ0n) is 21.9. The van der Waals surface area contributed by atoms with Gasteiger partial charge in [-0.2, -0.15) is 5.10 Å². The van der Waals surface area contributed by atoms with E-state index >= 15 is 0 Å². The summed E-state index contributed by atoms with van der Waals surface area (Å²) in [5.74, 6) is 0.662. The van der Waals surface area contributed by atoms with Crippen molar-refractivity contribution in [3.63, 3.8) is 0 Å². The highest BCUT2D eigenvalue weighted by Gasteiger charge is 2.21. The lowest BCUT2D eigenvalue weighted by Crippen LogP contribution is -2.47. The lowest BCUT2D eigenvalue weighted by molar-refractivity contribution is -0.123. The summed E-state index contributed by atoms with van der Waals surface area (Å²) >= 11 is 0. The Hall–Kier alpha value is -4.85. The number of ether oxygens (including phenoxy) is 3. The first kappa shape index (κ1) is 27.2. The Morgan fingerprint density at radius 1 is 0.923 bits per heavy atom. The highest BCUT2D eigenvalue weighted by atomic mass is 16.5. The molecule has 0 saturated heterocycles. The van der Waals surface area contributed by atoms with E-state index in [0.29, 0.717) is 23.7 Å². The SMILES string of the molecule is CCOC(=O)N[C@@H](Cc1ccccc1)C(=O)N/N=C\c1ccc(OCc2cccc3ccccc23)c(OC)c1. The van der Waals surface area contributed by atoms with Gasteiger partial charge in [0.2, 0.25) is 0 Å². The molecule has 2 N–H and O–H groups in total. The average molecular weight is 526 g/mol. The third-order valence-electron chi connectivity index (χ3n) is 6.01. The summed E-state index contributed by atoms with van der Waals surface area (Å²) in [6, 6.07) is 28.2. The second-order valence-electron chi connectivity index (χ2n) is 8.68. The number of hydrogen-bond acceptors (Lipinski definition) is 6. The first-order valence-corrected chi connectivity index (χ1v) is 12.6. The molecule has 0 unspecified atom stereocenters. The van der Waals surface area contributed by atoms with E-state index in [9.17, 15) is 9.59 Å². The number of methoxy groups -OCH3 is 1. The molecule has 1 atom stereocenters. The van der Waals surface area contributed by atoms with Crippen LogP contribution in [0.2, 0.25) is 0 Å². The number of benzene rings is 4. The van der Waals surface area contributed by atoms with Crippen molar-refractivity contribution in [2.45, 2.75) is 26.0 Å². The van der Waals surface area contributed by atoms with Gasteiger partial charge in [-0.05, 0) is 52.6 Å². The van der Waals surface area contributed by atoms with Gasteiger partial charge < -0.3 is 19.5 Å². The molecule has 0 heterocycles. The lowest BCUT2D eigenvalue weighted by Gasteiger charge is -2.17. The summed E-state index contributed by atoms with van der Waals surface area (Å²) in [5, 5.41) is 8.97. The lowest BCUT2D eigenvalue weighted by atomic mass is 10.1. The van der Waals surface area contributed by atoms with Crippen LogP contribution in [-0.2, 0) is 22.6 Å². The molecule has 8 nitrogen and oxygen atoms in total. The molecular formula is C31H31N3O5. The van der Waals surface area contributed by atoms with Gasteiger partial charge in [-0.25, -0.2) is 10.2 Å². The number of hydrazone groups is 1. The van der Waals surface area contributed by atoms with Crippen LogP contribution in [0.1, 0.15) is 23.6 Å². The van der Waals surface area contributed by atoms with Crippen molar-refractivity contribution in [2.24, 2.45) is 5.10 Å². The van der Waals surface area contributed by atoms with Gasteiger partial charge in [-0.15, -0.1) is 0 Å². The van der Waals surface area contributed by atoms with Crippen molar-refractivity contribution in [1.82, 2.24) is 10.7 Å². The highest BCUT2D eigenvalue weighted by molar-refractivity contribution is 5.88. The molecule has 0 fully saturated rings. The molecule has 0 aliphatic rings. The fourth-order valence-corrected chi connectivity index (χ4v) is 4.08. The maximum Gasteiger partial charge on any atom is 0.407 e. The van der Waals surface area contributed by atoms with Crippen molar-refractivity contribution < 1.29 is 23.8 Å². The molecular weight excluding hydrogens is 494 g/mol. The van der Waals surface area contributed by atoms with Crippen LogP contribution >= 0.6 is 0 Å². The minimum absolute atomic E-state index is 0.202. The average Bonchev–Trinajstić information content (AvgIpc) is 2.96. The summed E-state index contributed by atoms with van der Waals surface area (Å²) in [5.41, 5.74) is 5.16. The van der Waals surface area contributed by atoms with Gasteiger partial charge in [-0.1, -0.05) is 72.8 Å². The number of fused-ring (bicyclic) bond motifs is 1. The molecule has 4 rings (SSSR count). The second-order valence-corrected chi connectivity index (χ2v) is 8.68. The molecule has 39 heavy (non-hydrogen) atoms. The van der Waals surface area contributed by atoms with Crippen LogP contribution in [0.15, 0.2) is 96.1 Å². The predicted octanol–water partition coefficient (Wildman–Crippen LogP) is 5.23. The van der Waals surface area contributed by atoms with Gasteiger partial charge in [0.25, 0.3) is 5.91 Å². The Kier molecular flexibility index (Phi) is 9.50. The number of rotatable bonds is 11. The molecule has 0 aliphatic carbocycles. The summed E-state index contributed by atoms with van der Waals surface area (Å²) in [6.45, 7) is 2.29. The minimum atomic E-state index is -0.858. The maximum atomic E-state index is 12.8. The van der Waals surface area contributed by atoms with E-state index in [-0.39, 0.29) is 13.0 Å². The quantitative estimate of drug-likeness (QED) is 0.206. The largest absolute Gasteiger partial charge is 0.493 e. The topological polar surface area (TPSA) is 98.2 Å². The first-order valence-electron chi connectivity index (χ1n) is 12.6. The summed E-state index contributed by atoms with van der Waals surface area (Å²) < 4.78 is 16.5. The molecule has 2 amide bonds. The number of nitrogens with zero attached hydrogens (tertiary/aromatic N) is 1. The fraction of sp³-hybridized carbons (Fsp3) is 0.194. The Morgan fingerprint density at radius 3 is 2.49 bits per heavy atom.